The number of aromatic nitrogens is 2. The number of amides is 1. The van der Waals surface area contributed by atoms with E-state index in [0.29, 0.717) is 17.3 Å². The van der Waals surface area contributed by atoms with Crippen molar-refractivity contribution in [2.24, 2.45) is 0 Å². The summed E-state index contributed by atoms with van der Waals surface area (Å²) >= 11 is 1.78. The molecule has 3 aromatic carbocycles. The Balaban J connectivity index is 1.34. The van der Waals surface area contributed by atoms with Crippen molar-refractivity contribution in [1.82, 2.24) is 15.0 Å². The fourth-order valence-electron chi connectivity index (χ4n) is 3.06. The first-order chi connectivity index (χ1) is 15.1. The highest BCUT2D eigenvalue weighted by Crippen LogP contribution is 2.23. The van der Waals surface area contributed by atoms with Gasteiger partial charge in [-0.25, -0.2) is 0 Å². The van der Waals surface area contributed by atoms with Crippen LogP contribution in [0.1, 0.15) is 27.4 Å². The van der Waals surface area contributed by atoms with Crippen LogP contribution in [0.25, 0.3) is 11.4 Å². The van der Waals surface area contributed by atoms with Gasteiger partial charge in [-0.15, -0.1) is 11.8 Å². The third-order valence-electron chi connectivity index (χ3n) is 4.85. The third-order valence-corrected chi connectivity index (χ3v) is 5.93. The van der Waals surface area contributed by atoms with Crippen LogP contribution in [0.3, 0.4) is 0 Å². The summed E-state index contributed by atoms with van der Waals surface area (Å²) in [5.41, 5.74) is 3.95. The van der Waals surface area contributed by atoms with Gasteiger partial charge >= 0.3 is 0 Å². The van der Waals surface area contributed by atoms with Crippen molar-refractivity contribution >= 4 is 17.7 Å². The Kier molecular flexibility index (Phi) is 6.48. The van der Waals surface area contributed by atoms with E-state index in [1.165, 1.54) is 16.0 Å². The van der Waals surface area contributed by atoms with Crippen LogP contribution in [0.2, 0.25) is 0 Å². The van der Waals surface area contributed by atoms with Gasteiger partial charge in [0.25, 0.3) is 5.91 Å². The molecule has 1 amide bonds. The fourth-order valence-corrected chi connectivity index (χ4v) is 3.92. The maximum Gasteiger partial charge on any atom is 0.254 e. The first-order valence-corrected chi connectivity index (χ1v) is 11.0. The van der Waals surface area contributed by atoms with E-state index in [9.17, 15) is 4.79 Å². The summed E-state index contributed by atoms with van der Waals surface area (Å²) in [6, 6.07) is 25.9. The molecule has 0 unspecified atom stereocenters. The van der Waals surface area contributed by atoms with Crippen molar-refractivity contribution in [3.63, 3.8) is 0 Å². The Hall–Kier alpha value is -3.38. The second-order valence-corrected chi connectivity index (χ2v) is 8.39. The highest BCUT2D eigenvalue weighted by molar-refractivity contribution is 7.98. The number of benzene rings is 3. The zero-order chi connectivity index (χ0) is 21.6. The number of aryl methyl sites for hydroxylation is 1. The van der Waals surface area contributed by atoms with E-state index in [4.69, 9.17) is 4.52 Å². The summed E-state index contributed by atoms with van der Waals surface area (Å²) in [6.07, 6.45) is 0. The minimum atomic E-state index is -0.0859. The van der Waals surface area contributed by atoms with E-state index in [1.807, 2.05) is 54.6 Å². The Labute approximate surface area is 186 Å². The lowest BCUT2D eigenvalue weighted by atomic mass is 10.1. The molecule has 31 heavy (non-hydrogen) atoms. The molecule has 0 saturated carbocycles. The summed E-state index contributed by atoms with van der Waals surface area (Å²) in [4.78, 5) is 20.0. The molecule has 5 nitrogen and oxygen atoms in total. The van der Waals surface area contributed by atoms with Crippen LogP contribution in [0.4, 0.5) is 0 Å². The SMILES string of the molecule is Cc1ccc(SCc2ccc(C(=O)N(C)Cc3nc(-c4ccccc4)no3)cc2)cc1. The quantitative estimate of drug-likeness (QED) is 0.357. The van der Waals surface area contributed by atoms with Gasteiger partial charge in [0.15, 0.2) is 0 Å². The van der Waals surface area contributed by atoms with Crippen LogP contribution in [0.5, 0.6) is 0 Å². The second kappa shape index (κ2) is 9.62. The van der Waals surface area contributed by atoms with Gasteiger partial charge in [0, 0.05) is 28.8 Å². The van der Waals surface area contributed by atoms with Gasteiger partial charge in [-0.2, -0.15) is 4.98 Å². The van der Waals surface area contributed by atoms with E-state index in [2.05, 4.69) is 41.3 Å². The molecule has 1 heterocycles. The van der Waals surface area contributed by atoms with Crippen LogP contribution in [-0.2, 0) is 12.3 Å². The highest BCUT2D eigenvalue weighted by atomic mass is 32.2. The molecule has 0 aliphatic rings. The van der Waals surface area contributed by atoms with Crippen LogP contribution >= 0.6 is 11.8 Å². The summed E-state index contributed by atoms with van der Waals surface area (Å²) < 4.78 is 5.32. The van der Waals surface area contributed by atoms with Crippen molar-refractivity contribution in [3.8, 4) is 11.4 Å². The molecule has 1 aromatic heterocycles. The van der Waals surface area contributed by atoms with E-state index < -0.39 is 0 Å². The predicted molar refractivity (Wildman–Crippen MR) is 123 cm³/mol. The number of nitrogens with zero attached hydrogens (tertiary/aromatic N) is 3. The summed E-state index contributed by atoms with van der Waals surface area (Å²) in [7, 11) is 1.73. The number of thioether (sulfide) groups is 1. The van der Waals surface area contributed by atoms with Crippen molar-refractivity contribution in [2.75, 3.05) is 7.05 Å². The van der Waals surface area contributed by atoms with E-state index in [-0.39, 0.29) is 12.5 Å². The van der Waals surface area contributed by atoms with Gasteiger partial charge in [0.2, 0.25) is 11.7 Å². The zero-order valence-corrected chi connectivity index (χ0v) is 18.3. The molecule has 0 fully saturated rings. The predicted octanol–water partition coefficient (Wildman–Crippen LogP) is 5.61. The van der Waals surface area contributed by atoms with Crippen molar-refractivity contribution in [2.45, 2.75) is 24.1 Å². The number of carbonyl (C=O) groups excluding carboxylic acids is 1. The van der Waals surface area contributed by atoms with Crippen molar-refractivity contribution < 1.29 is 9.32 Å². The van der Waals surface area contributed by atoms with Crippen molar-refractivity contribution in [3.05, 3.63) is 101 Å². The van der Waals surface area contributed by atoms with Crippen LogP contribution < -0.4 is 0 Å². The molecule has 4 aromatic rings. The van der Waals surface area contributed by atoms with E-state index in [1.54, 1.807) is 23.7 Å². The summed E-state index contributed by atoms with van der Waals surface area (Å²) in [5.74, 6) is 1.70. The Morgan fingerprint density at radius 3 is 2.39 bits per heavy atom. The molecule has 0 N–H and O–H groups in total. The van der Waals surface area contributed by atoms with Crippen LogP contribution in [-0.4, -0.2) is 28.0 Å². The first-order valence-electron chi connectivity index (χ1n) is 10.0. The lowest BCUT2D eigenvalue weighted by Gasteiger charge is -2.15. The average molecular weight is 430 g/mol. The number of hydrogen-bond acceptors (Lipinski definition) is 5. The molecule has 0 atom stereocenters. The normalized spacial score (nSPS) is 10.8. The smallest absolute Gasteiger partial charge is 0.254 e. The molecule has 6 heteroatoms. The van der Waals surface area contributed by atoms with Gasteiger partial charge in [0.05, 0.1) is 6.54 Å². The molecule has 0 spiro atoms. The molecule has 156 valence electrons. The molecule has 0 aliphatic heterocycles. The second-order valence-electron chi connectivity index (χ2n) is 7.34. The third kappa shape index (κ3) is 5.41. The average Bonchev–Trinajstić information content (AvgIpc) is 3.27. The van der Waals surface area contributed by atoms with Crippen LogP contribution in [0.15, 0.2) is 88.3 Å². The number of rotatable bonds is 7. The molecular weight excluding hydrogens is 406 g/mol. The number of hydrogen-bond donors (Lipinski definition) is 0. The monoisotopic (exact) mass is 429 g/mol. The molecule has 0 saturated heterocycles. The Morgan fingerprint density at radius 2 is 1.68 bits per heavy atom. The van der Waals surface area contributed by atoms with Crippen LogP contribution in [0, 0.1) is 6.92 Å². The molecule has 0 radical (unpaired) electrons. The molecule has 4 rings (SSSR count). The fraction of sp³-hybridized carbons (Fsp3) is 0.160. The van der Waals surface area contributed by atoms with Gasteiger partial charge in [0.1, 0.15) is 0 Å². The maximum atomic E-state index is 12.8. The minimum absolute atomic E-state index is 0.0859. The van der Waals surface area contributed by atoms with Gasteiger partial charge in [-0.1, -0.05) is 65.3 Å². The Morgan fingerprint density at radius 1 is 0.968 bits per heavy atom. The van der Waals surface area contributed by atoms with E-state index in [0.717, 1.165) is 11.3 Å². The molecular formula is C25H23N3O2S. The Bertz CT molecular complexity index is 1140. The summed E-state index contributed by atoms with van der Waals surface area (Å²) in [5, 5.41) is 4.01. The topological polar surface area (TPSA) is 59.2 Å². The van der Waals surface area contributed by atoms with Gasteiger partial charge < -0.3 is 9.42 Å². The lowest BCUT2D eigenvalue weighted by Crippen LogP contribution is -2.26. The highest BCUT2D eigenvalue weighted by Gasteiger charge is 2.16. The van der Waals surface area contributed by atoms with Crippen molar-refractivity contribution in [1.29, 1.82) is 0 Å². The first kappa shape index (κ1) is 20.9. The number of carbonyl (C=O) groups is 1. The largest absolute Gasteiger partial charge is 0.337 e. The lowest BCUT2D eigenvalue weighted by molar-refractivity contribution is 0.0769. The van der Waals surface area contributed by atoms with E-state index >= 15 is 0 Å². The van der Waals surface area contributed by atoms with Gasteiger partial charge in [-0.05, 0) is 36.8 Å². The zero-order valence-electron chi connectivity index (χ0n) is 17.5. The molecule has 0 aliphatic carbocycles. The van der Waals surface area contributed by atoms with Gasteiger partial charge in [-0.3, -0.25) is 4.79 Å². The summed E-state index contributed by atoms with van der Waals surface area (Å²) in [6.45, 7) is 2.34. The minimum Gasteiger partial charge on any atom is -0.337 e. The standard InChI is InChI=1S/C25H23N3O2S/c1-18-8-14-22(15-9-18)31-17-19-10-12-21(13-11-19)25(29)28(2)16-23-26-24(27-30-23)20-6-4-3-5-7-20/h3-15H,16-17H2,1-2H3. The maximum absolute atomic E-state index is 12.8. The molecule has 0 bridgehead atoms.